The Balaban J connectivity index is 0. The average Bonchev–Trinajstić information content (AvgIpc) is 2.77. The first-order chi connectivity index (χ1) is 15.8. The zero-order valence-electron chi connectivity index (χ0n) is 22.2. The van der Waals surface area contributed by atoms with E-state index in [0.29, 0.717) is 12.8 Å². The van der Waals surface area contributed by atoms with Gasteiger partial charge in [-0.05, 0) is 12.8 Å². The summed E-state index contributed by atoms with van der Waals surface area (Å²) in [7, 11) is 0. The molecule has 0 heterocycles. The molecular weight excluding hydrogens is 452 g/mol. The molecule has 0 spiro atoms. The number of carbonyl (C=O) groups excluding carboxylic acids is 1. The molecule has 0 bridgehead atoms. The second-order valence-electron chi connectivity index (χ2n) is 9.91. The highest BCUT2D eigenvalue weighted by atomic mass is 35.5. The molecule has 34 heavy (non-hydrogen) atoms. The largest absolute Gasteiger partial charge is 0.352 e. The highest BCUT2D eigenvalue weighted by Gasteiger charge is 2.35. The highest BCUT2D eigenvalue weighted by molar-refractivity contribution is 5.85. The molecule has 0 aliphatic rings. The van der Waals surface area contributed by atoms with E-state index >= 15 is 0 Å². The minimum absolute atomic E-state index is 0. The van der Waals surface area contributed by atoms with Gasteiger partial charge in [-0.25, -0.2) is 0 Å². The van der Waals surface area contributed by atoms with Crippen LogP contribution in [0.2, 0.25) is 0 Å². The Labute approximate surface area is 216 Å². The lowest BCUT2D eigenvalue weighted by atomic mass is 10.0. The zero-order chi connectivity index (χ0) is 24.8. The van der Waals surface area contributed by atoms with Gasteiger partial charge in [0.2, 0.25) is 5.91 Å². The first-order valence-electron chi connectivity index (χ1n) is 14.0. The summed E-state index contributed by atoms with van der Waals surface area (Å²) in [5.74, 6) is -3.14. The quantitative estimate of drug-likeness (QED) is 0.0799. The second-order valence-corrected chi connectivity index (χ2v) is 9.91. The number of rotatable bonds is 24. The topological polar surface area (TPSA) is 116 Å². The molecule has 6 N–H and O–H groups in total. The van der Waals surface area contributed by atoms with Crippen molar-refractivity contribution in [2.45, 2.75) is 167 Å². The summed E-state index contributed by atoms with van der Waals surface area (Å²) in [6, 6.07) is -2.01. The summed E-state index contributed by atoms with van der Waals surface area (Å²) in [5.41, 5.74) is 5.59. The summed E-state index contributed by atoms with van der Waals surface area (Å²) in [4.78, 5) is 12.0. The molecule has 0 rings (SSSR count). The van der Waals surface area contributed by atoms with Gasteiger partial charge < -0.3 is 26.4 Å². The van der Waals surface area contributed by atoms with Gasteiger partial charge in [0.05, 0.1) is 6.04 Å². The third-order valence-corrected chi connectivity index (χ3v) is 6.67. The minimum Gasteiger partial charge on any atom is -0.352 e. The predicted octanol–water partition coefficient (Wildman–Crippen LogP) is 6.08. The first-order valence-corrected chi connectivity index (χ1v) is 14.0. The molecule has 0 aromatic carbocycles. The number of unbranched alkanes of at least 4 members (excludes halogenated alkanes) is 18. The summed E-state index contributed by atoms with van der Waals surface area (Å²) in [6.45, 7) is 4.05. The maximum absolute atomic E-state index is 12.0. The van der Waals surface area contributed by atoms with Crippen LogP contribution in [-0.4, -0.2) is 39.3 Å². The van der Waals surface area contributed by atoms with Crippen molar-refractivity contribution >= 4 is 18.3 Å². The van der Waals surface area contributed by atoms with Crippen LogP contribution in [0, 0.1) is 0 Å². The van der Waals surface area contributed by atoms with Crippen molar-refractivity contribution in [2.24, 2.45) is 5.73 Å². The van der Waals surface area contributed by atoms with Gasteiger partial charge in [-0.3, -0.25) is 4.79 Å². The maximum Gasteiger partial charge on any atom is 0.293 e. The van der Waals surface area contributed by atoms with Gasteiger partial charge in [0.15, 0.2) is 0 Å². The summed E-state index contributed by atoms with van der Waals surface area (Å²) in [6.07, 6.45) is 25.9. The standard InChI is InChI=1S/C27H56N2O4.ClH/c1-3-5-6-7-8-9-10-11-12-13-14-15-16-17-18-19-20-21-22-23-25(30)29-24(4-2)26(28)27(31,32)33;/h24,26,31-33H,3-23,28H2,1-2H3,(H,29,30);1H. The minimum atomic E-state index is -2.98. The van der Waals surface area contributed by atoms with Crippen LogP contribution >= 0.6 is 12.4 Å². The molecule has 0 radical (unpaired) electrons. The van der Waals surface area contributed by atoms with Crippen molar-refractivity contribution in [1.29, 1.82) is 0 Å². The molecule has 1 amide bonds. The van der Waals surface area contributed by atoms with Gasteiger partial charge >= 0.3 is 0 Å². The van der Waals surface area contributed by atoms with Crippen LogP contribution in [0.3, 0.4) is 0 Å². The zero-order valence-corrected chi connectivity index (χ0v) is 23.1. The first kappa shape index (κ1) is 35.8. The fourth-order valence-corrected chi connectivity index (χ4v) is 4.36. The highest BCUT2D eigenvalue weighted by Crippen LogP contribution is 2.15. The molecular formula is C27H57ClN2O4. The summed E-state index contributed by atoms with van der Waals surface area (Å²) in [5, 5.41) is 30.2. The third-order valence-electron chi connectivity index (χ3n) is 6.67. The molecule has 0 aliphatic carbocycles. The van der Waals surface area contributed by atoms with Gasteiger partial charge in [-0.1, -0.05) is 129 Å². The van der Waals surface area contributed by atoms with E-state index in [0.717, 1.165) is 19.3 Å². The van der Waals surface area contributed by atoms with E-state index in [1.165, 1.54) is 103 Å². The lowest BCUT2D eigenvalue weighted by molar-refractivity contribution is -0.325. The summed E-state index contributed by atoms with van der Waals surface area (Å²) < 4.78 is 0. The number of hydrogen-bond donors (Lipinski definition) is 5. The molecule has 6 nitrogen and oxygen atoms in total. The van der Waals surface area contributed by atoms with Crippen molar-refractivity contribution in [1.82, 2.24) is 5.32 Å². The van der Waals surface area contributed by atoms with Gasteiger partial charge in [0.1, 0.15) is 6.04 Å². The lowest BCUT2D eigenvalue weighted by Crippen LogP contribution is -2.59. The Bertz CT molecular complexity index is 447. The van der Waals surface area contributed by atoms with Crippen LogP contribution < -0.4 is 11.1 Å². The number of halogens is 1. The number of amides is 1. The van der Waals surface area contributed by atoms with Crippen LogP contribution in [0.15, 0.2) is 0 Å². The van der Waals surface area contributed by atoms with E-state index < -0.39 is 18.1 Å². The Kier molecular flexibility index (Phi) is 25.6. The predicted molar refractivity (Wildman–Crippen MR) is 145 cm³/mol. The van der Waals surface area contributed by atoms with E-state index in [9.17, 15) is 20.1 Å². The number of carbonyl (C=O) groups is 1. The molecule has 206 valence electrons. The summed E-state index contributed by atoms with van der Waals surface area (Å²) >= 11 is 0. The molecule has 0 aromatic heterocycles. The Hall–Kier alpha value is -0.400. The fourth-order valence-electron chi connectivity index (χ4n) is 4.36. The second kappa shape index (κ2) is 24.3. The van der Waals surface area contributed by atoms with Crippen LogP contribution in [0.1, 0.15) is 149 Å². The average molecular weight is 509 g/mol. The lowest BCUT2D eigenvalue weighted by Gasteiger charge is -2.29. The molecule has 0 aromatic rings. The van der Waals surface area contributed by atoms with Gasteiger partial charge in [-0.15, -0.1) is 12.4 Å². The maximum atomic E-state index is 12.0. The van der Waals surface area contributed by atoms with E-state index in [-0.39, 0.29) is 18.3 Å². The van der Waals surface area contributed by atoms with E-state index in [4.69, 9.17) is 5.73 Å². The molecule has 0 saturated carbocycles. The Morgan fingerprint density at radius 2 is 1.00 bits per heavy atom. The molecule has 7 heteroatoms. The van der Waals surface area contributed by atoms with Crippen LogP contribution in [0.5, 0.6) is 0 Å². The normalized spacial score (nSPS) is 13.4. The monoisotopic (exact) mass is 508 g/mol. The molecule has 0 saturated heterocycles. The number of nitrogens with two attached hydrogens (primary N) is 1. The molecule has 0 aliphatic heterocycles. The van der Waals surface area contributed by atoms with Crippen LogP contribution in [0.25, 0.3) is 0 Å². The SMILES string of the molecule is CCCCCCCCCCCCCCCCCCCCCC(=O)NC(CC)C(N)C(O)(O)O.Cl. The molecule has 2 unspecified atom stereocenters. The molecule has 2 atom stereocenters. The van der Waals surface area contributed by atoms with E-state index in [1.54, 1.807) is 6.92 Å². The van der Waals surface area contributed by atoms with Crippen LogP contribution in [0.4, 0.5) is 0 Å². The van der Waals surface area contributed by atoms with Crippen LogP contribution in [-0.2, 0) is 4.79 Å². The van der Waals surface area contributed by atoms with Gasteiger partial charge in [0, 0.05) is 6.42 Å². The fraction of sp³-hybridized carbons (Fsp3) is 0.963. The van der Waals surface area contributed by atoms with Crippen molar-refractivity contribution in [3.05, 3.63) is 0 Å². The van der Waals surface area contributed by atoms with E-state index in [2.05, 4.69) is 12.2 Å². The van der Waals surface area contributed by atoms with Crippen molar-refractivity contribution < 1.29 is 20.1 Å². The number of hydrogen-bond acceptors (Lipinski definition) is 5. The van der Waals surface area contributed by atoms with E-state index in [1.807, 2.05) is 0 Å². The van der Waals surface area contributed by atoms with Gasteiger partial charge in [-0.2, -0.15) is 0 Å². The van der Waals surface area contributed by atoms with Gasteiger partial charge in [0.25, 0.3) is 5.97 Å². The third kappa shape index (κ3) is 22.1. The van der Waals surface area contributed by atoms with Crippen molar-refractivity contribution in [3.8, 4) is 0 Å². The van der Waals surface area contributed by atoms with Crippen molar-refractivity contribution in [2.75, 3.05) is 0 Å². The Morgan fingerprint density at radius 3 is 1.29 bits per heavy atom. The van der Waals surface area contributed by atoms with Crippen molar-refractivity contribution in [3.63, 3.8) is 0 Å². The number of aliphatic hydroxyl groups is 3. The number of nitrogens with one attached hydrogen (secondary N) is 1. The molecule has 0 fully saturated rings. The smallest absolute Gasteiger partial charge is 0.293 e. The Morgan fingerprint density at radius 1 is 0.676 bits per heavy atom.